The normalized spacial score (nSPS) is 11.3. The Bertz CT molecular complexity index is 302. The summed E-state index contributed by atoms with van der Waals surface area (Å²) in [5, 5.41) is 11.2. The van der Waals surface area contributed by atoms with E-state index in [-0.39, 0.29) is 12.5 Å². The van der Waals surface area contributed by atoms with Crippen LogP contribution in [0.5, 0.6) is 0 Å². The number of unbranched alkanes of at least 4 members (excludes halogenated alkanes) is 15. The molecule has 0 aromatic rings. The summed E-state index contributed by atoms with van der Waals surface area (Å²) < 4.78 is 0. The highest BCUT2D eigenvalue weighted by molar-refractivity contribution is 5.87. The third-order valence-corrected chi connectivity index (χ3v) is 4.65. The maximum Gasteiger partial charge on any atom is 0.243 e. The quantitative estimate of drug-likeness (QED) is 0.224. The van der Waals surface area contributed by atoms with Gasteiger partial charge in [-0.1, -0.05) is 103 Å². The zero-order chi connectivity index (χ0) is 18.4. The highest BCUT2D eigenvalue weighted by Crippen LogP contribution is 2.13. The molecule has 25 heavy (non-hydrogen) atoms. The van der Waals surface area contributed by atoms with E-state index in [4.69, 9.17) is 5.11 Å². The molecule has 148 valence electrons. The summed E-state index contributed by atoms with van der Waals surface area (Å²) in [7, 11) is 0. The van der Waals surface area contributed by atoms with Crippen LogP contribution < -0.4 is 5.32 Å². The number of amides is 1. The Balaban J connectivity index is 3.11. The molecule has 0 saturated heterocycles. The van der Waals surface area contributed by atoms with E-state index in [0.717, 1.165) is 6.42 Å². The highest BCUT2D eigenvalue weighted by atomic mass is 16.3. The topological polar surface area (TPSA) is 49.3 Å². The average molecular weight is 354 g/mol. The maximum absolute atomic E-state index is 11.3. The van der Waals surface area contributed by atoms with Crippen molar-refractivity contribution in [1.29, 1.82) is 0 Å². The zero-order valence-corrected chi connectivity index (χ0v) is 16.7. The molecule has 0 radical (unpaired) electrons. The summed E-state index contributed by atoms with van der Waals surface area (Å²) in [6, 6.07) is 0. The first-order chi connectivity index (χ1) is 12.3. The van der Waals surface area contributed by atoms with Crippen LogP contribution in [0.2, 0.25) is 0 Å². The van der Waals surface area contributed by atoms with Crippen LogP contribution in [0.4, 0.5) is 0 Å². The van der Waals surface area contributed by atoms with Gasteiger partial charge in [0, 0.05) is 6.54 Å². The van der Waals surface area contributed by atoms with Crippen molar-refractivity contribution in [3.8, 4) is 0 Å². The monoisotopic (exact) mass is 353 g/mol. The van der Waals surface area contributed by atoms with Crippen LogP contribution in [-0.2, 0) is 4.79 Å². The number of aliphatic hydroxyl groups is 1. The fourth-order valence-electron chi connectivity index (χ4n) is 3.06. The first-order valence-electron chi connectivity index (χ1n) is 10.9. The summed E-state index contributed by atoms with van der Waals surface area (Å²) in [6.45, 7) is 2.61. The van der Waals surface area contributed by atoms with Gasteiger partial charge in [-0.15, -0.1) is 0 Å². The van der Waals surface area contributed by atoms with Crippen LogP contribution in [-0.4, -0.2) is 24.2 Å². The van der Waals surface area contributed by atoms with Crippen molar-refractivity contribution in [3.63, 3.8) is 0 Å². The number of carbonyl (C=O) groups excluding carboxylic acids is 1. The third-order valence-electron chi connectivity index (χ3n) is 4.65. The molecule has 1 amide bonds. The van der Waals surface area contributed by atoms with Crippen LogP contribution in [0.25, 0.3) is 0 Å². The Kier molecular flexibility index (Phi) is 20.5. The molecule has 0 atom stereocenters. The van der Waals surface area contributed by atoms with Crippen LogP contribution in [0.3, 0.4) is 0 Å². The molecule has 0 bridgehead atoms. The lowest BCUT2D eigenvalue weighted by Gasteiger charge is -2.03. The number of nitrogens with one attached hydrogen (secondary N) is 1. The zero-order valence-electron chi connectivity index (χ0n) is 16.7. The molecule has 0 aliphatic rings. The van der Waals surface area contributed by atoms with Crippen LogP contribution in [0.15, 0.2) is 12.2 Å². The van der Waals surface area contributed by atoms with Gasteiger partial charge in [-0.25, -0.2) is 0 Å². The summed E-state index contributed by atoms with van der Waals surface area (Å²) in [5.41, 5.74) is 0. The number of rotatable bonds is 19. The van der Waals surface area contributed by atoms with Crippen molar-refractivity contribution < 1.29 is 9.90 Å². The molecule has 0 unspecified atom stereocenters. The minimum Gasteiger partial charge on any atom is -0.395 e. The van der Waals surface area contributed by atoms with Gasteiger partial charge in [-0.05, 0) is 18.9 Å². The van der Waals surface area contributed by atoms with Crippen molar-refractivity contribution in [2.45, 2.75) is 110 Å². The first kappa shape index (κ1) is 24.2. The molecule has 0 fully saturated rings. The molecule has 2 N–H and O–H groups in total. The third kappa shape index (κ3) is 21.1. The molecule has 0 heterocycles. The Morgan fingerprint density at radius 1 is 0.760 bits per heavy atom. The van der Waals surface area contributed by atoms with Gasteiger partial charge < -0.3 is 10.4 Å². The van der Waals surface area contributed by atoms with Crippen molar-refractivity contribution in [3.05, 3.63) is 12.2 Å². The van der Waals surface area contributed by atoms with Gasteiger partial charge in [-0.2, -0.15) is 0 Å². The summed E-state index contributed by atoms with van der Waals surface area (Å²) in [4.78, 5) is 11.3. The first-order valence-corrected chi connectivity index (χ1v) is 10.9. The fourth-order valence-corrected chi connectivity index (χ4v) is 3.06. The largest absolute Gasteiger partial charge is 0.395 e. The van der Waals surface area contributed by atoms with E-state index in [0.29, 0.717) is 6.54 Å². The molecular weight excluding hydrogens is 310 g/mol. The molecular formula is C22H43NO2. The molecule has 0 saturated carbocycles. The number of allylic oxidation sites excluding steroid dienone is 1. The Morgan fingerprint density at radius 3 is 1.64 bits per heavy atom. The van der Waals surface area contributed by atoms with Gasteiger partial charge in [0.25, 0.3) is 0 Å². The summed E-state index contributed by atoms with van der Waals surface area (Å²) in [6.07, 6.45) is 25.2. The Hall–Kier alpha value is -0.830. The Morgan fingerprint density at radius 2 is 1.20 bits per heavy atom. The van der Waals surface area contributed by atoms with Gasteiger partial charge in [0.2, 0.25) is 5.91 Å². The van der Waals surface area contributed by atoms with E-state index in [1.165, 1.54) is 96.3 Å². The maximum atomic E-state index is 11.3. The van der Waals surface area contributed by atoms with E-state index >= 15 is 0 Å². The molecule has 0 aliphatic heterocycles. The van der Waals surface area contributed by atoms with Gasteiger partial charge in [-0.3, -0.25) is 4.79 Å². The number of aliphatic hydroxyl groups excluding tert-OH is 1. The molecule has 0 spiro atoms. The van der Waals surface area contributed by atoms with Crippen LogP contribution in [0, 0.1) is 0 Å². The van der Waals surface area contributed by atoms with Crippen molar-refractivity contribution in [2.24, 2.45) is 0 Å². The second kappa shape index (κ2) is 21.2. The van der Waals surface area contributed by atoms with E-state index in [9.17, 15) is 4.79 Å². The SMILES string of the molecule is CCCCCCCCCCCCCCCCC/C=C/C(=O)NCCO. The standard InChI is InChI=1S/C22H43NO2/c1-2-3-4-5-6-7-8-9-10-11-12-13-14-15-16-17-18-19-22(25)23-20-21-24/h18-19,24H,2-17,20-21H2,1H3,(H,23,25)/b19-18+. The molecule has 0 aromatic carbocycles. The van der Waals surface area contributed by atoms with Crippen LogP contribution >= 0.6 is 0 Å². The van der Waals surface area contributed by atoms with Gasteiger partial charge >= 0.3 is 0 Å². The molecule has 0 aromatic heterocycles. The second-order valence-corrected chi connectivity index (χ2v) is 7.16. The Labute approximate surface area is 156 Å². The van der Waals surface area contributed by atoms with Crippen molar-refractivity contribution in [1.82, 2.24) is 5.32 Å². The molecule has 3 heteroatoms. The van der Waals surface area contributed by atoms with E-state index in [1.807, 2.05) is 6.08 Å². The van der Waals surface area contributed by atoms with Crippen LogP contribution in [0.1, 0.15) is 110 Å². The summed E-state index contributed by atoms with van der Waals surface area (Å²) >= 11 is 0. The fraction of sp³-hybridized carbons (Fsp3) is 0.864. The smallest absolute Gasteiger partial charge is 0.243 e. The van der Waals surface area contributed by atoms with Gasteiger partial charge in [0.05, 0.1) is 6.61 Å². The van der Waals surface area contributed by atoms with Crippen molar-refractivity contribution >= 4 is 5.91 Å². The second-order valence-electron chi connectivity index (χ2n) is 7.16. The lowest BCUT2D eigenvalue weighted by atomic mass is 10.0. The van der Waals surface area contributed by atoms with Gasteiger partial charge in [0.1, 0.15) is 0 Å². The minimum absolute atomic E-state index is 0.00136. The van der Waals surface area contributed by atoms with Gasteiger partial charge in [0.15, 0.2) is 0 Å². The molecule has 0 aliphatic carbocycles. The summed E-state index contributed by atoms with van der Waals surface area (Å²) in [5.74, 6) is -0.102. The van der Waals surface area contributed by atoms with E-state index < -0.39 is 0 Å². The van der Waals surface area contributed by atoms with E-state index in [1.54, 1.807) is 6.08 Å². The van der Waals surface area contributed by atoms with Crippen molar-refractivity contribution in [2.75, 3.05) is 13.2 Å². The number of hydrogen-bond acceptors (Lipinski definition) is 2. The number of carbonyl (C=O) groups is 1. The van der Waals surface area contributed by atoms with E-state index in [2.05, 4.69) is 12.2 Å². The lowest BCUT2D eigenvalue weighted by Crippen LogP contribution is -2.24. The predicted octanol–water partition coefficient (Wildman–Crippen LogP) is 5.91. The predicted molar refractivity (Wildman–Crippen MR) is 109 cm³/mol. The molecule has 3 nitrogen and oxygen atoms in total. The lowest BCUT2D eigenvalue weighted by molar-refractivity contribution is -0.116. The average Bonchev–Trinajstić information content (AvgIpc) is 2.62. The molecule has 0 rings (SSSR count). The minimum atomic E-state index is -0.102. The highest BCUT2D eigenvalue weighted by Gasteiger charge is 1.95. The number of hydrogen-bond donors (Lipinski definition) is 2.